The zero-order valence-corrected chi connectivity index (χ0v) is 11.5. The predicted molar refractivity (Wildman–Crippen MR) is 74.4 cm³/mol. The van der Waals surface area contributed by atoms with Gasteiger partial charge in [-0.2, -0.15) is 0 Å². The van der Waals surface area contributed by atoms with Crippen molar-refractivity contribution in [2.45, 2.75) is 6.42 Å². The van der Waals surface area contributed by atoms with E-state index in [1.165, 1.54) is 0 Å². The van der Waals surface area contributed by atoms with Crippen LogP contribution in [0.5, 0.6) is 5.75 Å². The van der Waals surface area contributed by atoms with Crippen molar-refractivity contribution in [1.82, 2.24) is 5.32 Å². The van der Waals surface area contributed by atoms with Crippen molar-refractivity contribution in [2.24, 2.45) is 0 Å². The molecule has 0 aromatic heterocycles. The van der Waals surface area contributed by atoms with Gasteiger partial charge < -0.3 is 20.1 Å². The second kappa shape index (κ2) is 6.47. The lowest BCUT2D eigenvalue weighted by Crippen LogP contribution is -2.41. The van der Waals surface area contributed by atoms with Crippen LogP contribution in [0.25, 0.3) is 0 Å². The zero-order chi connectivity index (χ0) is 14.5. The maximum atomic E-state index is 11.8. The second-order valence-corrected chi connectivity index (χ2v) is 4.81. The number of carbonyl (C=O) groups excluding carboxylic acids is 1. The first kappa shape index (κ1) is 14.5. The quantitative estimate of drug-likeness (QED) is 0.852. The van der Waals surface area contributed by atoms with Gasteiger partial charge in [0.25, 0.3) is 0 Å². The molecule has 7 heteroatoms. The number of aliphatic carboxylic acids is 1. The van der Waals surface area contributed by atoms with Gasteiger partial charge in [-0.25, -0.2) is 0 Å². The maximum absolute atomic E-state index is 11.8. The van der Waals surface area contributed by atoms with Gasteiger partial charge in [-0.15, -0.1) is 0 Å². The Balaban J connectivity index is 1.96. The first-order valence-corrected chi connectivity index (χ1v) is 6.60. The van der Waals surface area contributed by atoms with E-state index in [2.05, 4.69) is 5.32 Å². The van der Waals surface area contributed by atoms with Crippen LogP contribution < -0.4 is 15.0 Å². The molecule has 1 aromatic carbocycles. The molecule has 1 aliphatic heterocycles. The third kappa shape index (κ3) is 3.77. The molecule has 2 rings (SSSR count). The molecule has 0 saturated heterocycles. The van der Waals surface area contributed by atoms with Gasteiger partial charge in [0, 0.05) is 11.6 Å². The molecule has 0 saturated carbocycles. The molecule has 20 heavy (non-hydrogen) atoms. The number of ether oxygens (including phenoxy) is 1. The Morgan fingerprint density at radius 2 is 2.25 bits per heavy atom. The number of carboxylic acid groups (broad SMARTS) is 1. The molecule has 1 aliphatic rings. The van der Waals surface area contributed by atoms with Gasteiger partial charge in [-0.3, -0.25) is 9.59 Å². The number of benzene rings is 1. The van der Waals surface area contributed by atoms with Crippen LogP contribution in [0, 0.1) is 0 Å². The van der Waals surface area contributed by atoms with E-state index in [-0.39, 0.29) is 25.4 Å². The van der Waals surface area contributed by atoms with E-state index in [1.807, 2.05) is 4.90 Å². The van der Waals surface area contributed by atoms with Crippen LogP contribution in [0.15, 0.2) is 18.2 Å². The van der Waals surface area contributed by atoms with Crippen molar-refractivity contribution in [3.8, 4) is 5.75 Å². The highest BCUT2D eigenvalue weighted by Crippen LogP contribution is 2.33. The zero-order valence-electron chi connectivity index (χ0n) is 10.8. The Kier molecular flexibility index (Phi) is 4.68. The summed E-state index contributed by atoms with van der Waals surface area (Å²) in [5, 5.41) is 11.7. The molecule has 0 bridgehead atoms. The van der Waals surface area contributed by atoms with Crippen LogP contribution in [-0.4, -0.2) is 43.2 Å². The summed E-state index contributed by atoms with van der Waals surface area (Å²) < 4.78 is 5.49. The van der Waals surface area contributed by atoms with Gasteiger partial charge in [0.05, 0.1) is 25.2 Å². The summed E-state index contributed by atoms with van der Waals surface area (Å²) in [7, 11) is 0. The lowest BCUT2D eigenvalue weighted by Gasteiger charge is -2.30. The lowest BCUT2D eigenvalue weighted by molar-refractivity contribution is -0.136. The highest BCUT2D eigenvalue weighted by molar-refractivity contribution is 6.31. The van der Waals surface area contributed by atoms with E-state index in [1.54, 1.807) is 18.2 Å². The minimum absolute atomic E-state index is 0.0860. The number of hydrogen-bond acceptors (Lipinski definition) is 4. The molecule has 0 spiro atoms. The van der Waals surface area contributed by atoms with E-state index in [0.717, 1.165) is 5.69 Å². The molecule has 1 aromatic rings. The summed E-state index contributed by atoms with van der Waals surface area (Å²) in [6, 6.07) is 5.25. The number of rotatable bonds is 5. The highest BCUT2D eigenvalue weighted by atomic mass is 35.5. The summed E-state index contributed by atoms with van der Waals surface area (Å²) in [6.07, 6.45) is -0.0860. The number of carboxylic acids is 1. The Morgan fingerprint density at radius 1 is 1.45 bits per heavy atom. The van der Waals surface area contributed by atoms with Crippen LogP contribution in [0.1, 0.15) is 6.42 Å². The number of hydrogen-bond donors (Lipinski definition) is 2. The Labute approximate surface area is 121 Å². The molecule has 6 nitrogen and oxygen atoms in total. The van der Waals surface area contributed by atoms with Gasteiger partial charge in [0.2, 0.25) is 5.91 Å². The molecule has 0 fully saturated rings. The second-order valence-electron chi connectivity index (χ2n) is 4.38. The van der Waals surface area contributed by atoms with Crippen molar-refractivity contribution >= 4 is 29.2 Å². The van der Waals surface area contributed by atoms with Crippen LogP contribution in [-0.2, 0) is 9.59 Å². The number of nitrogens with zero attached hydrogens (tertiary/aromatic N) is 1. The Hall–Kier alpha value is -1.95. The van der Waals surface area contributed by atoms with Crippen molar-refractivity contribution in [1.29, 1.82) is 0 Å². The SMILES string of the molecule is O=C(O)CCNC(=O)CN1CCOc2ccc(Cl)cc21. The number of halogens is 1. The average molecular weight is 299 g/mol. The maximum Gasteiger partial charge on any atom is 0.305 e. The normalized spacial score (nSPS) is 13.3. The van der Waals surface area contributed by atoms with Crippen molar-refractivity contribution in [3.63, 3.8) is 0 Å². The molecular weight excluding hydrogens is 284 g/mol. The third-order valence-electron chi connectivity index (χ3n) is 2.88. The van der Waals surface area contributed by atoms with Crippen LogP contribution >= 0.6 is 11.6 Å². The third-order valence-corrected chi connectivity index (χ3v) is 3.11. The van der Waals surface area contributed by atoms with Gasteiger partial charge in [-0.05, 0) is 18.2 Å². The van der Waals surface area contributed by atoms with E-state index in [9.17, 15) is 9.59 Å². The lowest BCUT2D eigenvalue weighted by atomic mass is 10.2. The van der Waals surface area contributed by atoms with Crippen LogP contribution in [0.3, 0.4) is 0 Å². The molecule has 0 radical (unpaired) electrons. The fourth-order valence-corrected chi connectivity index (χ4v) is 2.11. The number of anilines is 1. The van der Waals surface area contributed by atoms with E-state index < -0.39 is 5.97 Å². The fourth-order valence-electron chi connectivity index (χ4n) is 1.95. The first-order valence-electron chi connectivity index (χ1n) is 6.22. The first-order chi connectivity index (χ1) is 9.56. The number of carbonyl (C=O) groups is 2. The summed E-state index contributed by atoms with van der Waals surface area (Å²) >= 11 is 5.95. The van der Waals surface area contributed by atoms with Crippen molar-refractivity contribution in [3.05, 3.63) is 23.2 Å². The Morgan fingerprint density at radius 3 is 3.00 bits per heavy atom. The molecule has 0 unspecified atom stereocenters. The van der Waals surface area contributed by atoms with Gasteiger partial charge in [-0.1, -0.05) is 11.6 Å². The number of fused-ring (bicyclic) bond motifs is 1. The van der Waals surface area contributed by atoms with Crippen molar-refractivity contribution < 1.29 is 19.4 Å². The minimum Gasteiger partial charge on any atom is -0.490 e. The van der Waals surface area contributed by atoms with Crippen LogP contribution in [0.4, 0.5) is 5.69 Å². The summed E-state index contributed by atoms with van der Waals surface area (Å²) in [5.74, 6) is -0.466. The molecule has 2 N–H and O–H groups in total. The average Bonchev–Trinajstić information content (AvgIpc) is 2.39. The van der Waals surface area contributed by atoms with Gasteiger partial charge >= 0.3 is 5.97 Å². The molecular formula is C13H15ClN2O4. The molecule has 108 valence electrons. The summed E-state index contributed by atoms with van der Waals surface area (Å²) in [5.41, 5.74) is 0.775. The predicted octanol–water partition coefficient (Wildman–Crippen LogP) is 1.13. The smallest absolute Gasteiger partial charge is 0.305 e. The summed E-state index contributed by atoms with van der Waals surface area (Å²) in [6.45, 7) is 1.36. The molecule has 1 heterocycles. The topological polar surface area (TPSA) is 78.9 Å². The van der Waals surface area contributed by atoms with Gasteiger partial charge in [0.1, 0.15) is 12.4 Å². The number of nitrogens with one attached hydrogen (secondary N) is 1. The Bertz CT molecular complexity index is 521. The van der Waals surface area contributed by atoms with Crippen LogP contribution in [0.2, 0.25) is 5.02 Å². The highest BCUT2D eigenvalue weighted by Gasteiger charge is 2.20. The van der Waals surface area contributed by atoms with Crippen molar-refractivity contribution in [2.75, 3.05) is 31.1 Å². The number of amides is 1. The van der Waals surface area contributed by atoms with E-state index in [0.29, 0.717) is 23.9 Å². The summed E-state index contributed by atoms with van der Waals surface area (Å²) in [4.78, 5) is 24.0. The molecule has 0 aliphatic carbocycles. The molecule has 1 amide bonds. The standard InChI is InChI=1S/C13H15ClN2O4/c14-9-1-2-11-10(7-9)16(5-6-20-11)8-12(17)15-4-3-13(18)19/h1-2,7H,3-6,8H2,(H,15,17)(H,18,19). The van der Waals surface area contributed by atoms with E-state index in [4.69, 9.17) is 21.4 Å². The molecule has 0 atom stereocenters. The minimum atomic E-state index is -0.936. The monoisotopic (exact) mass is 298 g/mol. The fraction of sp³-hybridized carbons (Fsp3) is 0.385. The van der Waals surface area contributed by atoms with Gasteiger partial charge in [0.15, 0.2) is 0 Å². The largest absolute Gasteiger partial charge is 0.490 e. The van der Waals surface area contributed by atoms with E-state index >= 15 is 0 Å².